The second kappa shape index (κ2) is 6.52. The fraction of sp³-hybridized carbons (Fsp3) is 0.133. The third-order valence-electron chi connectivity index (χ3n) is 2.67. The molecule has 2 aromatic carbocycles. The van der Waals surface area contributed by atoms with Crippen LogP contribution in [0.1, 0.15) is 10.4 Å². The van der Waals surface area contributed by atoms with Crippen molar-refractivity contribution < 1.29 is 18.3 Å². The molecule has 0 saturated carbocycles. The highest BCUT2D eigenvalue weighted by Crippen LogP contribution is 2.22. The molecule has 5 heteroatoms. The lowest BCUT2D eigenvalue weighted by atomic mass is 10.1. The number of ketones is 1. The van der Waals surface area contributed by atoms with Crippen molar-refractivity contribution in [3.8, 4) is 5.75 Å². The zero-order valence-electron chi connectivity index (χ0n) is 10.7. The van der Waals surface area contributed by atoms with Gasteiger partial charge in [0.2, 0.25) is 0 Å². The van der Waals surface area contributed by atoms with E-state index in [-0.39, 0.29) is 17.1 Å². The number of methoxy groups -OCH3 is 1. The minimum Gasteiger partial charge on any atom is -0.497 e. The average molecular weight is 294 g/mol. The molecule has 0 aliphatic rings. The van der Waals surface area contributed by atoms with E-state index in [1.54, 1.807) is 19.2 Å². The van der Waals surface area contributed by atoms with Crippen LogP contribution in [0.2, 0.25) is 0 Å². The maximum absolute atomic E-state index is 13.0. The summed E-state index contributed by atoms with van der Waals surface area (Å²) in [5, 5.41) is 0. The highest BCUT2D eigenvalue weighted by atomic mass is 32.2. The van der Waals surface area contributed by atoms with Crippen LogP contribution in [0.4, 0.5) is 8.78 Å². The molecule has 0 aliphatic heterocycles. The first kappa shape index (κ1) is 14.5. The van der Waals surface area contributed by atoms with E-state index in [2.05, 4.69) is 0 Å². The van der Waals surface area contributed by atoms with Crippen LogP contribution in [0.5, 0.6) is 5.75 Å². The van der Waals surface area contributed by atoms with Crippen LogP contribution in [0, 0.1) is 11.6 Å². The van der Waals surface area contributed by atoms with Gasteiger partial charge in [-0.15, -0.1) is 11.8 Å². The summed E-state index contributed by atoms with van der Waals surface area (Å²) in [6, 6.07) is 10.4. The molecule has 0 spiro atoms. The summed E-state index contributed by atoms with van der Waals surface area (Å²) in [6.45, 7) is 0. The van der Waals surface area contributed by atoms with E-state index in [1.807, 2.05) is 12.1 Å². The van der Waals surface area contributed by atoms with Crippen molar-refractivity contribution in [3.05, 3.63) is 59.7 Å². The molecule has 0 heterocycles. The molecule has 2 aromatic rings. The van der Waals surface area contributed by atoms with Crippen LogP contribution in [0.15, 0.2) is 47.4 Å². The van der Waals surface area contributed by atoms with E-state index in [4.69, 9.17) is 4.74 Å². The van der Waals surface area contributed by atoms with Gasteiger partial charge in [0, 0.05) is 10.5 Å². The monoisotopic (exact) mass is 294 g/mol. The van der Waals surface area contributed by atoms with Crippen LogP contribution < -0.4 is 4.74 Å². The maximum Gasteiger partial charge on any atom is 0.173 e. The number of hydrogen-bond acceptors (Lipinski definition) is 3. The predicted octanol–water partition coefficient (Wildman–Crippen LogP) is 3.95. The van der Waals surface area contributed by atoms with Gasteiger partial charge in [-0.1, -0.05) is 0 Å². The minimum absolute atomic E-state index is 0.164. The topological polar surface area (TPSA) is 26.3 Å². The summed E-state index contributed by atoms with van der Waals surface area (Å²) in [5.74, 6) is -1.31. The van der Waals surface area contributed by atoms with E-state index in [1.165, 1.54) is 17.8 Å². The van der Waals surface area contributed by atoms with E-state index in [0.717, 1.165) is 22.8 Å². The van der Waals surface area contributed by atoms with Gasteiger partial charge in [-0.05, 0) is 42.5 Å². The lowest BCUT2D eigenvalue weighted by molar-refractivity contribution is 0.102. The number of hydrogen-bond donors (Lipinski definition) is 0. The van der Waals surface area contributed by atoms with Crippen LogP contribution >= 0.6 is 11.8 Å². The molecular formula is C15H12F2O2S. The standard InChI is InChI=1S/C15H12F2O2S/c1-19-11-3-5-12(6-4-11)20-9-15(18)10-2-7-13(16)14(17)8-10/h2-8H,9H2,1H3. The molecule has 0 N–H and O–H groups in total. The van der Waals surface area contributed by atoms with Crippen molar-refractivity contribution in [2.24, 2.45) is 0 Å². The number of Topliss-reactive ketones (excluding diaryl/α,β-unsaturated/α-hetero) is 1. The van der Waals surface area contributed by atoms with Crippen molar-refractivity contribution in [3.63, 3.8) is 0 Å². The molecular weight excluding hydrogens is 282 g/mol. The highest BCUT2D eigenvalue weighted by molar-refractivity contribution is 8.00. The lowest BCUT2D eigenvalue weighted by Gasteiger charge is -2.04. The number of carbonyl (C=O) groups excluding carboxylic acids is 1. The molecule has 0 bridgehead atoms. The van der Waals surface area contributed by atoms with Gasteiger partial charge in [0.05, 0.1) is 12.9 Å². The third kappa shape index (κ3) is 3.57. The Morgan fingerprint density at radius 2 is 1.80 bits per heavy atom. The zero-order valence-corrected chi connectivity index (χ0v) is 11.5. The number of thioether (sulfide) groups is 1. The summed E-state index contributed by atoms with van der Waals surface area (Å²) < 4.78 is 30.9. The molecule has 2 rings (SSSR count). The fourth-order valence-electron chi connectivity index (χ4n) is 1.57. The molecule has 0 radical (unpaired) electrons. The van der Waals surface area contributed by atoms with Gasteiger partial charge in [0.25, 0.3) is 0 Å². The largest absolute Gasteiger partial charge is 0.497 e. The molecule has 104 valence electrons. The maximum atomic E-state index is 13.0. The normalized spacial score (nSPS) is 10.3. The molecule has 20 heavy (non-hydrogen) atoms. The molecule has 0 aromatic heterocycles. The van der Waals surface area contributed by atoms with Gasteiger partial charge < -0.3 is 4.74 Å². The van der Waals surface area contributed by atoms with Crippen molar-refractivity contribution >= 4 is 17.5 Å². The van der Waals surface area contributed by atoms with Crippen LogP contribution in [-0.2, 0) is 0 Å². The Hall–Kier alpha value is -1.88. The molecule has 0 fully saturated rings. The molecule has 0 unspecified atom stereocenters. The number of ether oxygens (including phenoxy) is 1. The van der Waals surface area contributed by atoms with Gasteiger partial charge >= 0.3 is 0 Å². The lowest BCUT2D eigenvalue weighted by Crippen LogP contribution is -2.03. The Labute approximate surface area is 119 Å². The molecule has 2 nitrogen and oxygen atoms in total. The van der Waals surface area contributed by atoms with Gasteiger partial charge in [-0.3, -0.25) is 4.79 Å². The second-order valence-electron chi connectivity index (χ2n) is 4.02. The fourth-order valence-corrected chi connectivity index (χ4v) is 2.37. The van der Waals surface area contributed by atoms with Crippen molar-refractivity contribution in [1.82, 2.24) is 0 Å². The Bertz CT molecular complexity index is 612. The predicted molar refractivity (Wildman–Crippen MR) is 74.4 cm³/mol. The summed E-state index contributed by atoms with van der Waals surface area (Å²) in [5.41, 5.74) is 0.171. The average Bonchev–Trinajstić information content (AvgIpc) is 2.48. The number of rotatable bonds is 5. The van der Waals surface area contributed by atoms with E-state index in [0.29, 0.717) is 0 Å². The van der Waals surface area contributed by atoms with Crippen molar-refractivity contribution in [2.75, 3.05) is 12.9 Å². The van der Waals surface area contributed by atoms with Crippen LogP contribution in [-0.4, -0.2) is 18.6 Å². The van der Waals surface area contributed by atoms with E-state index >= 15 is 0 Å². The van der Waals surface area contributed by atoms with Gasteiger partial charge in [-0.25, -0.2) is 8.78 Å². The number of carbonyl (C=O) groups is 1. The Morgan fingerprint density at radius 1 is 1.10 bits per heavy atom. The first-order valence-corrected chi connectivity index (χ1v) is 6.84. The smallest absolute Gasteiger partial charge is 0.173 e. The van der Waals surface area contributed by atoms with Gasteiger partial charge in [-0.2, -0.15) is 0 Å². The van der Waals surface area contributed by atoms with Crippen LogP contribution in [0.3, 0.4) is 0 Å². The van der Waals surface area contributed by atoms with E-state index < -0.39 is 11.6 Å². The SMILES string of the molecule is COc1ccc(SCC(=O)c2ccc(F)c(F)c2)cc1. The first-order valence-electron chi connectivity index (χ1n) is 5.85. The highest BCUT2D eigenvalue weighted by Gasteiger charge is 2.10. The minimum atomic E-state index is -1.01. The number of halogens is 2. The Morgan fingerprint density at radius 3 is 2.40 bits per heavy atom. The molecule has 0 atom stereocenters. The summed E-state index contributed by atoms with van der Waals surface area (Å²) in [4.78, 5) is 12.8. The van der Waals surface area contributed by atoms with Gasteiger partial charge in [0.1, 0.15) is 5.75 Å². The Kier molecular flexibility index (Phi) is 4.74. The number of benzene rings is 2. The zero-order chi connectivity index (χ0) is 14.5. The first-order chi connectivity index (χ1) is 9.60. The quantitative estimate of drug-likeness (QED) is 0.617. The second-order valence-corrected chi connectivity index (χ2v) is 5.07. The molecule has 0 saturated heterocycles. The van der Waals surface area contributed by atoms with Crippen molar-refractivity contribution in [2.45, 2.75) is 4.90 Å². The van der Waals surface area contributed by atoms with Crippen molar-refractivity contribution in [1.29, 1.82) is 0 Å². The Balaban J connectivity index is 1.98. The molecule has 0 aliphatic carbocycles. The summed E-state index contributed by atoms with van der Waals surface area (Å²) >= 11 is 1.33. The third-order valence-corrected chi connectivity index (χ3v) is 3.68. The molecule has 0 amide bonds. The summed E-state index contributed by atoms with van der Waals surface area (Å²) in [7, 11) is 1.58. The van der Waals surface area contributed by atoms with Crippen LogP contribution in [0.25, 0.3) is 0 Å². The van der Waals surface area contributed by atoms with Gasteiger partial charge in [0.15, 0.2) is 17.4 Å². The summed E-state index contributed by atoms with van der Waals surface area (Å²) in [6.07, 6.45) is 0. The van der Waals surface area contributed by atoms with E-state index in [9.17, 15) is 13.6 Å².